The molecule has 0 bridgehead atoms. The van der Waals surface area contributed by atoms with Gasteiger partial charge in [0.2, 0.25) is 5.91 Å². The Morgan fingerprint density at radius 2 is 1.87 bits per heavy atom. The minimum absolute atomic E-state index is 0.104. The fourth-order valence-corrected chi connectivity index (χ4v) is 2.80. The van der Waals surface area contributed by atoms with E-state index < -0.39 is 0 Å². The second-order valence-corrected chi connectivity index (χ2v) is 6.10. The van der Waals surface area contributed by atoms with E-state index in [1.54, 1.807) is 30.3 Å². The van der Waals surface area contributed by atoms with Gasteiger partial charge in [-0.3, -0.25) is 9.59 Å². The number of benzene rings is 2. The number of halogens is 1. The molecule has 0 heterocycles. The highest BCUT2D eigenvalue weighted by Crippen LogP contribution is 2.23. The maximum absolute atomic E-state index is 12.2. The van der Waals surface area contributed by atoms with Crippen LogP contribution in [0.15, 0.2) is 47.4 Å². The van der Waals surface area contributed by atoms with Gasteiger partial charge < -0.3 is 10.6 Å². The lowest BCUT2D eigenvalue weighted by Crippen LogP contribution is -2.33. The molecule has 4 nitrogen and oxygen atoms in total. The van der Waals surface area contributed by atoms with Gasteiger partial charge in [0, 0.05) is 15.6 Å². The molecule has 0 aromatic heterocycles. The van der Waals surface area contributed by atoms with Crippen LogP contribution >= 0.6 is 23.4 Å². The monoisotopic (exact) mass is 348 g/mol. The lowest BCUT2D eigenvalue weighted by Gasteiger charge is -2.11. The molecule has 2 amide bonds. The molecule has 0 aliphatic rings. The number of rotatable bonds is 5. The van der Waals surface area contributed by atoms with Crippen molar-refractivity contribution >= 4 is 40.9 Å². The van der Waals surface area contributed by atoms with E-state index in [0.29, 0.717) is 16.3 Å². The summed E-state index contributed by atoms with van der Waals surface area (Å²) < 4.78 is 0. The number of thioether (sulfide) groups is 1. The SMILES string of the molecule is CSc1ccccc1C(=O)NCC(=O)Nc1cccc(Cl)c1C. The normalized spacial score (nSPS) is 10.2. The van der Waals surface area contributed by atoms with Gasteiger partial charge in [0.25, 0.3) is 5.91 Å². The average molecular weight is 349 g/mol. The van der Waals surface area contributed by atoms with Crippen LogP contribution in [0.25, 0.3) is 0 Å². The molecular formula is C17H17ClN2O2S. The van der Waals surface area contributed by atoms with E-state index in [2.05, 4.69) is 10.6 Å². The minimum atomic E-state index is -0.301. The summed E-state index contributed by atoms with van der Waals surface area (Å²) in [5, 5.41) is 5.96. The molecule has 0 aliphatic carbocycles. The number of nitrogens with one attached hydrogen (secondary N) is 2. The minimum Gasteiger partial charge on any atom is -0.343 e. The molecule has 0 radical (unpaired) electrons. The van der Waals surface area contributed by atoms with Crippen molar-refractivity contribution < 1.29 is 9.59 Å². The fourth-order valence-electron chi connectivity index (χ4n) is 2.03. The first-order valence-corrected chi connectivity index (χ1v) is 8.59. The van der Waals surface area contributed by atoms with E-state index in [1.165, 1.54) is 11.8 Å². The van der Waals surface area contributed by atoms with Crippen LogP contribution in [-0.4, -0.2) is 24.6 Å². The smallest absolute Gasteiger partial charge is 0.252 e. The number of anilines is 1. The number of carbonyl (C=O) groups is 2. The molecule has 0 spiro atoms. The molecule has 2 aromatic rings. The molecule has 0 atom stereocenters. The summed E-state index contributed by atoms with van der Waals surface area (Å²) in [6, 6.07) is 12.6. The molecule has 2 aromatic carbocycles. The van der Waals surface area contributed by atoms with Crippen LogP contribution < -0.4 is 10.6 Å². The standard InChI is InChI=1S/C17H17ClN2O2S/c1-11-13(18)7-5-8-14(11)20-16(21)10-19-17(22)12-6-3-4-9-15(12)23-2/h3-9H,10H2,1-2H3,(H,19,22)(H,20,21). The average Bonchev–Trinajstić information content (AvgIpc) is 2.56. The third kappa shape index (κ3) is 4.50. The molecular weight excluding hydrogens is 332 g/mol. The van der Waals surface area contributed by atoms with Crippen molar-refractivity contribution in [3.63, 3.8) is 0 Å². The Balaban J connectivity index is 1.96. The molecule has 0 aliphatic heterocycles. The number of hydrogen-bond donors (Lipinski definition) is 2. The van der Waals surface area contributed by atoms with Gasteiger partial charge in [-0.1, -0.05) is 29.8 Å². The third-order valence-corrected chi connectivity index (χ3v) is 4.51. The van der Waals surface area contributed by atoms with Crippen molar-refractivity contribution in [2.75, 3.05) is 18.1 Å². The third-order valence-electron chi connectivity index (χ3n) is 3.30. The highest BCUT2D eigenvalue weighted by molar-refractivity contribution is 7.98. The van der Waals surface area contributed by atoms with E-state index in [-0.39, 0.29) is 18.4 Å². The summed E-state index contributed by atoms with van der Waals surface area (Å²) in [6.07, 6.45) is 1.90. The first kappa shape index (κ1) is 17.4. The molecule has 2 N–H and O–H groups in total. The van der Waals surface area contributed by atoms with E-state index in [4.69, 9.17) is 11.6 Å². The Morgan fingerprint density at radius 1 is 1.13 bits per heavy atom. The summed E-state index contributed by atoms with van der Waals surface area (Å²) in [4.78, 5) is 25.0. The summed E-state index contributed by atoms with van der Waals surface area (Å²) in [5.41, 5.74) is 1.99. The van der Waals surface area contributed by atoms with Crippen LogP contribution in [-0.2, 0) is 4.79 Å². The zero-order valence-electron chi connectivity index (χ0n) is 12.9. The van der Waals surface area contributed by atoms with Crippen molar-refractivity contribution in [3.05, 3.63) is 58.6 Å². The van der Waals surface area contributed by atoms with Crippen molar-refractivity contribution in [1.29, 1.82) is 0 Å². The van der Waals surface area contributed by atoms with Crippen LogP contribution in [0.4, 0.5) is 5.69 Å². The predicted octanol–water partition coefficient (Wildman–Crippen LogP) is 3.74. The molecule has 0 saturated carbocycles. The van der Waals surface area contributed by atoms with Crippen LogP contribution in [0.1, 0.15) is 15.9 Å². The maximum Gasteiger partial charge on any atom is 0.252 e. The van der Waals surface area contributed by atoms with Crippen LogP contribution in [0, 0.1) is 6.92 Å². The second-order valence-electron chi connectivity index (χ2n) is 4.84. The van der Waals surface area contributed by atoms with Gasteiger partial charge in [0.05, 0.1) is 12.1 Å². The largest absolute Gasteiger partial charge is 0.343 e. The second kappa shape index (κ2) is 8.04. The van der Waals surface area contributed by atoms with Crippen molar-refractivity contribution in [2.24, 2.45) is 0 Å². The van der Waals surface area contributed by atoms with Crippen LogP contribution in [0.2, 0.25) is 5.02 Å². The zero-order valence-corrected chi connectivity index (χ0v) is 14.4. The first-order valence-electron chi connectivity index (χ1n) is 6.99. The quantitative estimate of drug-likeness (QED) is 0.809. The molecule has 2 rings (SSSR count). The molecule has 6 heteroatoms. The lowest BCUT2D eigenvalue weighted by atomic mass is 10.2. The number of hydrogen-bond acceptors (Lipinski definition) is 3. The van der Waals surface area contributed by atoms with Gasteiger partial charge in [0.1, 0.15) is 0 Å². The van der Waals surface area contributed by atoms with Crippen molar-refractivity contribution in [2.45, 2.75) is 11.8 Å². The van der Waals surface area contributed by atoms with Crippen molar-refractivity contribution in [1.82, 2.24) is 5.32 Å². The Kier molecular flexibility index (Phi) is 6.07. The number of amides is 2. The summed E-state index contributed by atoms with van der Waals surface area (Å²) in [6.45, 7) is 1.72. The predicted molar refractivity (Wildman–Crippen MR) is 95.4 cm³/mol. The summed E-state index contributed by atoms with van der Waals surface area (Å²) in [5.74, 6) is -0.571. The van der Waals surface area contributed by atoms with Gasteiger partial charge in [-0.25, -0.2) is 0 Å². The van der Waals surface area contributed by atoms with E-state index in [9.17, 15) is 9.59 Å². The Morgan fingerprint density at radius 3 is 2.61 bits per heavy atom. The highest BCUT2D eigenvalue weighted by atomic mass is 35.5. The topological polar surface area (TPSA) is 58.2 Å². The van der Waals surface area contributed by atoms with Crippen LogP contribution in [0.5, 0.6) is 0 Å². The Labute approximate surface area is 144 Å². The van der Waals surface area contributed by atoms with Gasteiger partial charge in [-0.2, -0.15) is 0 Å². The Bertz CT molecular complexity index is 734. The van der Waals surface area contributed by atoms with Gasteiger partial charge in [-0.05, 0) is 43.0 Å². The molecule has 23 heavy (non-hydrogen) atoms. The van der Waals surface area contributed by atoms with E-state index >= 15 is 0 Å². The number of carbonyl (C=O) groups excluding carboxylic acids is 2. The molecule has 0 unspecified atom stereocenters. The molecule has 0 fully saturated rings. The zero-order chi connectivity index (χ0) is 16.8. The van der Waals surface area contributed by atoms with E-state index in [0.717, 1.165) is 10.5 Å². The van der Waals surface area contributed by atoms with Gasteiger partial charge in [-0.15, -0.1) is 11.8 Å². The van der Waals surface area contributed by atoms with E-state index in [1.807, 2.05) is 25.3 Å². The first-order chi connectivity index (χ1) is 11.0. The van der Waals surface area contributed by atoms with Crippen LogP contribution in [0.3, 0.4) is 0 Å². The fraction of sp³-hybridized carbons (Fsp3) is 0.176. The maximum atomic E-state index is 12.2. The Hall–Kier alpha value is -1.98. The molecule has 120 valence electrons. The van der Waals surface area contributed by atoms with Crippen molar-refractivity contribution in [3.8, 4) is 0 Å². The highest BCUT2D eigenvalue weighted by Gasteiger charge is 2.12. The lowest BCUT2D eigenvalue weighted by molar-refractivity contribution is -0.115. The van der Waals surface area contributed by atoms with Gasteiger partial charge >= 0.3 is 0 Å². The van der Waals surface area contributed by atoms with Gasteiger partial charge in [0.15, 0.2) is 0 Å². The molecule has 0 saturated heterocycles. The summed E-state index contributed by atoms with van der Waals surface area (Å²) >= 11 is 7.50. The summed E-state index contributed by atoms with van der Waals surface area (Å²) in [7, 11) is 0.